The quantitative estimate of drug-likeness (QED) is 0.663. The molecule has 1 aromatic heterocycles. The Labute approximate surface area is 114 Å². The van der Waals surface area contributed by atoms with Gasteiger partial charge in [0.25, 0.3) is 0 Å². The molecule has 0 aliphatic carbocycles. The Kier molecular flexibility index (Phi) is 2.73. The number of hydrogen-bond acceptors (Lipinski definition) is 3. The number of halogens is 1. The third-order valence-electron chi connectivity index (χ3n) is 2.88. The minimum absolute atomic E-state index is 0.645. The number of rotatable bonds is 1. The molecule has 0 aliphatic rings. The molecule has 0 unspecified atom stereocenters. The average Bonchev–Trinajstić information content (AvgIpc) is 2.74. The van der Waals surface area contributed by atoms with Gasteiger partial charge in [0.2, 0.25) is 0 Å². The monoisotopic (exact) mass is 274 g/mol. The first-order chi connectivity index (χ1) is 8.66. The maximum Gasteiger partial charge on any atom is 0.128 e. The van der Waals surface area contributed by atoms with Crippen LogP contribution >= 0.6 is 22.9 Å². The van der Waals surface area contributed by atoms with E-state index in [0.717, 1.165) is 20.8 Å². The van der Waals surface area contributed by atoms with E-state index in [9.17, 15) is 0 Å². The van der Waals surface area contributed by atoms with Crippen molar-refractivity contribution in [3.63, 3.8) is 0 Å². The van der Waals surface area contributed by atoms with E-state index in [4.69, 9.17) is 17.3 Å². The second kappa shape index (κ2) is 4.26. The molecule has 0 saturated heterocycles. The maximum atomic E-state index is 6.22. The zero-order valence-corrected chi connectivity index (χ0v) is 11.3. The number of nitrogens with two attached hydrogens (primary N) is 1. The lowest BCUT2D eigenvalue weighted by atomic mass is 10.2. The Balaban J connectivity index is 2.30. The van der Waals surface area contributed by atoms with Crippen LogP contribution in [0.4, 0.5) is 5.69 Å². The minimum Gasteiger partial charge on any atom is -0.398 e. The molecule has 1 heterocycles. The fourth-order valence-electron chi connectivity index (χ4n) is 1.96. The van der Waals surface area contributed by atoms with Crippen LogP contribution in [0.15, 0.2) is 36.4 Å². The predicted molar refractivity (Wildman–Crippen MR) is 79.2 cm³/mol. The minimum atomic E-state index is 0.645. The number of nitrogens with zero attached hydrogens (tertiary/aromatic N) is 1. The molecular formula is C14H11ClN2S. The number of aromatic nitrogens is 1. The Morgan fingerprint density at radius 1 is 1.17 bits per heavy atom. The van der Waals surface area contributed by atoms with Crippen LogP contribution in [-0.4, -0.2) is 4.98 Å². The Hall–Kier alpha value is -1.58. The molecule has 0 atom stereocenters. The normalized spacial score (nSPS) is 11.0. The van der Waals surface area contributed by atoms with Gasteiger partial charge < -0.3 is 5.73 Å². The van der Waals surface area contributed by atoms with E-state index in [2.05, 4.69) is 24.0 Å². The van der Waals surface area contributed by atoms with E-state index in [0.29, 0.717) is 10.7 Å². The van der Waals surface area contributed by atoms with Crippen molar-refractivity contribution in [1.29, 1.82) is 0 Å². The van der Waals surface area contributed by atoms with Gasteiger partial charge in [-0.2, -0.15) is 0 Å². The number of benzene rings is 2. The van der Waals surface area contributed by atoms with Gasteiger partial charge in [0.1, 0.15) is 5.01 Å². The number of hydrogen-bond donors (Lipinski definition) is 1. The Morgan fingerprint density at radius 3 is 2.67 bits per heavy atom. The molecule has 3 aromatic rings. The van der Waals surface area contributed by atoms with E-state index in [1.165, 1.54) is 5.56 Å². The molecule has 0 saturated carbocycles. The molecule has 0 amide bonds. The van der Waals surface area contributed by atoms with Gasteiger partial charge in [-0.15, -0.1) is 11.3 Å². The van der Waals surface area contributed by atoms with Crippen molar-refractivity contribution in [3.8, 4) is 10.6 Å². The third kappa shape index (κ3) is 1.76. The maximum absolute atomic E-state index is 6.22. The molecule has 18 heavy (non-hydrogen) atoms. The molecule has 0 fully saturated rings. The van der Waals surface area contributed by atoms with Gasteiger partial charge in [0.05, 0.1) is 20.8 Å². The second-order valence-electron chi connectivity index (χ2n) is 4.14. The van der Waals surface area contributed by atoms with Crippen molar-refractivity contribution >= 4 is 38.8 Å². The van der Waals surface area contributed by atoms with Crippen LogP contribution in [0.1, 0.15) is 5.56 Å². The first kappa shape index (κ1) is 11.5. The van der Waals surface area contributed by atoms with Gasteiger partial charge in [0.15, 0.2) is 0 Å². The topological polar surface area (TPSA) is 38.9 Å². The summed E-state index contributed by atoms with van der Waals surface area (Å²) in [7, 11) is 0. The smallest absolute Gasteiger partial charge is 0.128 e. The summed E-state index contributed by atoms with van der Waals surface area (Å²) in [5.74, 6) is 0. The van der Waals surface area contributed by atoms with Crippen molar-refractivity contribution in [2.24, 2.45) is 0 Å². The molecule has 0 bridgehead atoms. The standard InChI is InChI=1S/C14H11ClN2S/c1-8-4-2-7-11-13(8)17-14(18-11)12-9(15)5-3-6-10(12)16/h2-7H,16H2,1H3. The van der Waals surface area contributed by atoms with Crippen LogP contribution in [0.25, 0.3) is 20.8 Å². The SMILES string of the molecule is Cc1cccc2sc(-c3c(N)cccc3Cl)nc12. The molecule has 2 N–H and O–H groups in total. The van der Waals surface area contributed by atoms with E-state index in [-0.39, 0.29) is 0 Å². The summed E-state index contributed by atoms with van der Waals surface area (Å²) in [5.41, 5.74) is 9.69. The Bertz CT molecular complexity index is 713. The molecule has 0 radical (unpaired) electrons. The first-order valence-electron chi connectivity index (χ1n) is 5.57. The zero-order valence-electron chi connectivity index (χ0n) is 9.77. The lowest BCUT2D eigenvalue weighted by molar-refractivity contribution is 1.42. The van der Waals surface area contributed by atoms with Crippen LogP contribution in [0.5, 0.6) is 0 Å². The molecule has 2 nitrogen and oxygen atoms in total. The number of thiazole rings is 1. The van der Waals surface area contributed by atoms with Gasteiger partial charge in [-0.05, 0) is 30.7 Å². The zero-order chi connectivity index (χ0) is 12.7. The average molecular weight is 275 g/mol. The highest BCUT2D eigenvalue weighted by molar-refractivity contribution is 7.21. The van der Waals surface area contributed by atoms with Gasteiger partial charge in [0, 0.05) is 5.69 Å². The molecule has 3 rings (SSSR count). The highest BCUT2D eigenvalue weighted by Crippen LogP contribution is 2.38. The molecule has 90 valence electrons. The summed E-state index contributed by atoms with van der Waals surface area (Å²) in [4.78, 5) is 4.66. The van der Waals surface area contributed by atoms with Crippen molar-refractivity contribution in [2.75, 3.05) is 5.73 Å². The fraction of sp³-hybridized carbons (Fsp3) is 0.0714. The Morgan fingerprint density at radius 2 is 1.94 bits per heavy atom. The summed E-state index contributed by atoms with van der Waals surface area (Å²) >= 11 is 7.84. The van der Waals surface area contributed by atoms with Crippen molar-refractivity contribution in [1.82, 2.24) is 4.98 Å². The van der Waals surface area contributed by atoms with Crippen molar-refractivity contribution < 1.29 is 0 Å². The molecule has 0 aliphatic heterocycles. The van der Waals surface area contributed by atoms with Crippen LogP contribution in [-0.2, 0) is 0 Å². The fourth-order valence-corrected chi connectivity index (χ4v) is 3.41. The van der Waals surface area contributed by atoms with Gasteiger partial charge in [-0.1, -0.05) is 29.8 Å². The van der Waals surface area contributed by atoms with Crippen LogP contribution in [0.2, 0.25) is 5.02 Å². The number of para-hydroxylation sites is 1. The predicted octanol–water partition coefficient (Wildman–Crippen LogP) is 4.51. The first-order valence-corrected chi connectivity index (χ1v) is 6.77. The summed E-state index contributed by atoms with van der Waals surface area (Å²) in [5, 5.41) is 1.52. The van der Waals surface area contributed by atoms with Crippen LogP contribution in [0, 0.1) is 6.92 Å². The number of aryl methyl sites for hydroxylation is 1. The molecule has 4 heteroatoms. The van der Waals surface area contributed by atoms with Crippen molar-refractivity contribution in [2.45, 2.75) is 6.92 Å². The summed E-state index contributed by atoms with van der Waals surface area (Å²) < 4.78 is 1.16. The third-order valence-corrected chi connectivity index (χ3v) is 4.23. The van der Waals surface area contributed by atoms with E-state index < -0.39 is 0 Å². The summed E-state index contributed by atoms with van der Waals surface area (Å²) in [6.45, 7) is 2.06. The molecular weight excluding hydrogens is 264 g/mol. The number of fused-ring (bicyclic) bond motifs is 1. The van der Waals surface area contributed by atoms with Crippen LogP contribution in [0.3, 0.4) is 0 Å². The lowest BCUT2D eigenvalue weighted by Crippen LogP contribution is -1.90. The number of nitrogen functional groups attached to an aromatic ring is 1. The number of anilines is 1. The lowest BCUT2D eigenvalue weighted by Gasteiger charge is -2.03. The van der Waals surface area contributed by atoms with E-state index in [1.807, 2.05) is 24.3 Å². The summed E-state index contributed by atoms with van der Waals surface area (Å²) in [6.07, 6.45) is 0. The molecule has 0 spiro atoms. The highest BCUT2D eigenvalue weighted by atomic mass is 35.5. The van der Waals surface area contributed by atoms with E-state index >= 15 is 0 Å². The van der Waals surface area contributed by atoms with Gasteiger partial charge in [-0.25, -0.2) is 4.98 Å². The van der Waals surface area contributed by atoms with E-state index in [1.54, 1.807) is 11.3 Å². The van der Waals surface area contributed by atoms with Crippen molar-refractivity contribution in [3.05, 3.63) is 47.0 Å². The van der Waals surface area contributed by atoms with Gasteiger partial charge >= 0.3 is 0 Å². The second-order valence-corrected chi connectivity index (χ2v) is 5.58. The van der Waals surface area contributed by atoms with Gasteiger partial charge in [-0.3, -0.25) is 0 Å². The highest BCUT2D eigenvalue weighted by Gasteiger charge is 2.13. The largest absolute Gasteiger partial charge is 0.398 e. The summed E-state index contributed by atoms with van der Waals surface area (Å²) in [6, 6.07) is 11.7. The molecule has 2 aromatic carbocycles. The van der Waals surface area contributed by atoms with Crippen LogP contribution < -0.4 is 5.73 Å².